The molecule has 0 aliphatic rings. The van der Waals surface area contributed by atoms with Gasteiger partial charge in [0, 0.05) is 12.6 Å². The number of alkyl halides is 3. The van der Waals surface area contributed by atoms with Gasteiger partial charge in [-0.2, -0.15) is 18.3 Å². The van der Waals surface area contributed by atoms with E-state index in [1.54, 1.807) is 12.4 Å². The van der Waals surface area contributed by atoms with E-state index in [0.717, 1.165) is 11.6 Å². The monoisotopic (exact) mass is 436 g/mol. The third-order valence-electron chi connectivity index (χ3n) is 4.40. The molecule has 3 rings (SSSR count). The summed E-state index contributed by atoms with van der Waals surface area (Å²) in [4.78, 5) is 16.4. The molecule has 1 aromatic heterocycles. The van der Waals surface area contributed by atoms with E-state index in [4.69, 9.17) is 4.74 Å². The highest BCUT2D eigenvalue weighted by Crippen LogP contribution is 2.25. The van der Waals surface area contributed by atoms with Crippen molar-refractivity contribution >= 4 is 5.91 Å². The molecule has 0 bridgehead atoms. The van der Waals surface area contributed by atoms with Crippen LogP contribution in [-0.4, -0.2) is 33.4 Å². The van der Waals surface area contributed by atoms with Gasteiger partial charge in [0.15, 0.2) is 11.6 Å². The molecule has 0 spiro atoms. The number of benzene rings is 2. The van der Waals surface area contributed by atoms with Gasteiger partial charge in [0.2, 0.25) is 0 Å². The van der Waals surface area contributed by atoms with Crippen LogP contribution < -0.4 is 5.32 Å². The largest absolute Gasteiger partial charge is 0.405 e. The normalized spacial score (nSPS) is 11.5. The number of carbonyl (C=O) groups excluding carboxylic acids is 1. The number of carbonyl (C=O) groups is 1. The fourth-order valence-electron chi connectivity index (χ4n) is 2.93. The zero-order valence-corrected chi connectivity index (χ0v) is 16.8. The molecule has 164 valence electrons. The predicted molar refractivity (Wildman–Crippen MR) is 104 cm³/mol. The third kappa shape index (κ3) is 5.88. The van der Waals surface area contributed by atoms with Gasteiger partial charge in [-0.05, 0) is 30.2 Å². The van der Waals surface area contributed by atoms with Gasteiger partial charge in [-0.1, -0.05) is 30.3 Å². The SMILES string of the molecule is Cc1cc(F)c(-c2nc(COCc3ccccc3)nn2C)cc1C(=O)NCC(F)(F)F. The molecule has 1 amide bonds. The maximum absolute atomic E-state index is 14.6. The van der Waals surface area contributed by atoms with Gasteiger partial charge in [-0.15, -0.1) is 0 Å². The second-order valence-electron chi connectivity index (χ2n) is 6.90. The van der Waals surface area contributed by atoms with E-state index in [1.165, 1.54) is 17.7 Å². The lowest BCUT2D eigenvalue weighted by atomic mass is 10.0. The highest BCUT2D eigenvalue weighted by Gasteiger charge is 2.28. The van der Waals surface area contributed by atoms with Crippen LogP contribution in [-0.2, 0) is 25.0 Å². The van der Waals surface area contributed by atoms with Crippen LogP contribution in [0, 0.1) is 12.7 Å². The molecule has 1 N–H and O–H groups in total. The van der Waals surface area contributed by atoms with Gasteiger partial charge in [-0.25, -0.2) is 14.1 Å². The van der Waals surface area contributed by atoms with Crippen LogP contribution in [0.4, 0.5) is 17.6 Å². The van der Waals surface area contributed by atoms with Crippen molar-refractivity contribution in [2.45, 2.75) is 26.3 Å². The van der Waals surface area contributed by atoms with Crippen molar-refractivity contribution in [2.24, 2.45) is 7.05 Å². The number of nitrogens with one attached hydrogen (secondary N) is 1. The predicted octanol–water partition coefficient (Wildman–Crippen LogP) is 3.94. The zero-order chi connectivity index (χ0) is 22.6. The van der Waals surface area contributed by atoms with Gasteiger partial charge in [0.1, 0.15) is 19.0 Å². The molecule has 0 aliphatic carbocycles. The number of nitrogens with zero attached hydrogens (tertiary/aromatic N) is 3. The van der Waals surface area contributed by atoms with E-state index in [-0.39, 0.29) is 29.1 Å². The molecule has 0 aliphatic heterocycles. The Balaban J connectivity index is 1.78. The number of amides is 1. The standard InChI is InChI=1S/C21H20F4N4O2/c1-13-8-17(22)16(9-15(13)20(30)26-12-21(23,24)25)19-27-18(28-29(19)2)11-31-10-14-6-4-3-5-7-14/h3-9H,10-12H2,1-2H3,(H,26,30). The Bertz CT molecular complexity index is 1070. The molecule has 1 heterocycles. The lowest BCUT2D eigenvalue weighted by molar-refractivity contribution is -0.123. The summed E-state index contributed by atoms with van der Waals surface area (Å²) < 4.78 is 58.7. The summed E-state index contributed by atoms with van der Waals surface area (Å²) >= 11 is 0. The van der Waals surface area contributed by atoms with Gasteiger partial charge < -0.3 is 10.1 Å². The number of hydrogen-bond acceptors (Lipinski definition) is 4. The van der Waals surface area contributed by atoms with Crippen molar-refractivity contribution in [1.82, 2.24) is 20.1 Å². The summed E-state index contributed by atoms with van der Waals surface area (Å²) in [5, 5.41) is 5.98. The van der Waals surface area contributed by atoms with Crippen molar-refractivity contribution in [3.63, 3.8) is 0 Å². The van der Waals surface area contributed by atoms with Crippen molar-refractivity contribution in [2.75, 3.05) is 6.54 Å². The molecular formula is C21H20F4N4O2. The number of aryl methyl sites for hydroxylation is 2. The molecule has 0 atom stereocenters. The van der Waals surface area contributed by atoms with E-state index in [2.05, 4.69) is 10.1 Å². The summed E-state index contributed by atoms with van der Waals surface area (Å²) in [5.41, 5.74) is 1.05. The van der Waals surface area contributed by atoms with Crippen molar-refractivity contribution in [3.8, 4) is 11.4 Å². The first kappa shape index (κ1) is 22.4. The first-order valence-electron chi connectivity index (χ1n) is 9.31. The first-order valence-corrected chi connectivity index (χ1v) is 9.31. The van der Waals surface area contributed by atoms with Gasteiger partial charge in [0.05, 0.1) is 12.2 Å². The van der Waals surface area contributed by atoms with Gasteiger partial charge >= 0.3 is 6.18 Å². The maximum Gasteiger partial charge on any atom is 0.405 e. The molecular weight excluding hydrogens is 416 g/mol. The van der Waals surface area contributed by atoms with Crippen LogP contribution in [0.2, 0.25) is 0 Å². The third-order valence-corrected chi connectivity index (χ3v) is 4.40. The summed E-state index contributed by atoms with van der Waals surface area (Å²) in [6.45, 7) is 0.381. The average molecular weight is 436 g/mol. The number of rotatable bonds is 7. The van der Waals surface area contributed by atoms with Crippen molar-refractivity contribution in [3.05, 3.63) is 70.8 Å². The second-order valence-corrected chi connectivity index (χ2v) is 6.90. The number of ether oxygens (including phenoxy) is 1. The molecule has 0 radical (unpaired) electrons. The van der Waals surface area contributed by atoms with Crippen molar-refractivity contribution in [1.29, 1.82) is 0 Å². The van der Waals surface area contributed by atoms with E-state index in [0.29, 0.717) is 12.4 Å². The Labute approximate surface area is 175 Å². The Kier molecular flexibility index (Phi) is 6.69. The smallest absolute Gasteiger partial charge is 0.369 e. The molecule has 10 heteroatoms. The van der Waals surface area contributed by atoms with Crippen LogP contribution >= 0.6 is 0 Å². The topological polar surface area (TPSA) is 69.0 Å². The van der Waals surface area contributed by atoms with Gasteiger partial charge in [-0.3, -0.25) is 4.79 Å². The minimum Gasteiger partial charge on any atom is -0.369 e. The number of halogens is 4. The van der Waals surface area contributed by atoms with Crippen molar-refractivity contribution < 1.29 is 27.1 Å². The Hall–Kier alpha value is -3.27. The highest BCUT2D eigenvalue weighted by molar-refractivity contribution is 5.96. The lowest BCUT2D eigenvalue weighted by Crippen LogP contribution is -2.34. The fourth-order valence-corrected chi connectivity index (χ4v) is 2.93. The molecule has 6 nitrogen and oxygen atoms in total. The number of aromatic nitrogens is 3. The molecule has 0 saturated carbocycles. The molecule has 3 aromatic rings. The quantitative estimate of drug-likeness (QED) is 0.570. The van der Waals surface area contributed by atoms with E-state index >= 15 is 0 Å². The Morgan fingerprint density at radius 3 is 2.55 bits per heavy atom. The lowest BCUT2D eigenvalue weighted by Gasteiger charge is -2.12. The zero-order valence-electron chi connectivity index (χ0n) is 16.8. The highest BCUT2D eigenvalue weighted by atomic mass is 19.4. The van der Waals surface area contributed by atoms with E-state index in [9.17, 15) is 22.4 Å². The van der Waals surface area contributed by atoms with Crippen LogP contribution in [0.25, 0.3) is 11.4 Å². The molecule has 0 saturated heterocycles. The Morgan fingerprint density at radius 2 is 1.87 bits per heavy atom. The summed E-state index contributed by atoms with van der Waals surface area (Å²) in [6.07, 6.45) is -4.55. The van der Waals surface area contributed by atoms with Crippen LogP contribution in [0.3, 0.4) is 0 Å². The fraction of sp³-hybridized carbons (Fsp3) is 0.286. The first-order chi connectivity index (χ1) is 14.6. The van der Waals surface area contributed by atoms with E-state index in [1.807, 2.05) is 30.3 Å². The minimum absolute atomic E-state index is 0.0490. The molecule has 0 unspecified atom stereocenters. The molecule has 2 aromatic carbocycles. The Morgan fingerprint density at radius 1 is 1.16 bits per heavy atom. The summed E-state index contributed by atoms with van der Waals surface area (Å²) in [5.74, 6) is -1.20. The summed E-state index contributed by atoms with van der Waals surface area (Å²) in [6, 6.07) is 11.7. The molecule has 31 heavy (non-hydrogen) atoms. The maximum atomic E-state index is 14.6. The second kappa shape index (κ2) is 9.25. The number of hydrogen-bond donors (Lipinski definition) is 1. The average Bonchev–Trinajstić information content (AvgIpc) is 3.07. The molecule has 0 fully saturated rings. The van der Waals surface area contributed by atoms with Crippen LogP contribution in [0.5, 0.6) is 0 Å². The van der Waals surface area contributed by atoms with Gasteiger partial charge in [0.25, 0.3) is 5.91 Å². The van der Waals surface area contributed by atoms with Crippen LogP contribution in [0.15, 0.2) is 42.5 Å². The summed E-state index contributed by atoms with van der Waals surface area (Å²) in [7, 11) is 1.55. The van der Waals surface area contributed by atoms with Crippen LogP contribution in [0.1, 0.15) is 27.3 Å². The van der Waals surface area contributed by atoms with E-state index < -0.39 is 24.4 Å². The minimum atomic E-state index is -4.55.